The van der Waals surface area contributed by atoms with Gasteiger partial charge in [0, 0.05) is 30.4 Å². The Morgan fingerprint density at radius 1 is 1.36 bits per heavy atom. The zero-order valence-corrected chi connectivity index (χ0v) is 15.2. The lowest BCUT2D eigenvalue weighted by Crippen LogP contribution is -2.31. The molecule has 1 aromatic heterocycles. The number of rotatable bonds is 7. The summed E-state index contributed by atoms with van der Waals surface area (Å²) in [6.45, 7) is 0.424. The molecule has 6 nitrogen and oxygen atoms in total. The van der Waals surface area contributed by atoms with Gasteiger partial charge < -0.3 is 15.8 Å². The second-order valence-corrected chi connectivity index (χ2v) is 6.51. The second kappa shape index (κ2) is 8.53. The van der Waals surface area contributed by atoms with E-state index in [-0.39, 0.29) is 17.3 Å². The molecule has 0 amide bonds. The average molecular weight is 388 g/mol. The van der Waals surface area contributed by atoms with Crippen molar-refractivity contribution in [2.45, 2.75) is 6.54 Å². The molecule has 136 valence electrons. The predicted octanol–water partition coefficient (Wildman–Crippen LogP) is 2.62. The average Bonchev–Trinajstić information content (AvgIpc) is 2.52. The Morgan fingerprint density at radius 3 is 2.76 bits per heavy atom. The van der Waals surface area contributed by atoms with E-state index in [1.165, 1.54) is 17.3 Å². The first kappa shape index (κ1) is 19.5. The molecule has 1 aromatic carbocycles. The number of phenolic OH excluding ortho intramolecular Hbond substituents is 1. The van der Waals surface area contributed by atoms with Crippen LogP contribution < -0.4 is 11.6 Å². The number of fused-ring (bicyclic) bond motifs is 1. The summed E-state index contributed by atoms with van der Waals surface area (Å²) in [5.74, 6) is 5.47. The van der Waals surface area contributed by atoms with Crippen LogP contribution in [0.1, 0.15) is 5.69 Å². The van der Waals surface area contributed by atoms with Crippen LogP contribution in [0, 0.1) is 0 Å². The summed E-state index contributed by atoms with van der Waals surface area (Å²) in [7, 11) is 1.85. The van der Waals surface area contributed by atoms with Crippen molar-refractivity contribution < 1.29 is 9.50 Å². The Morgan fingerprint density at radius 2 is 2.08 bits per heavy atom. The number of pyridine rings is 1. The van der Waals surface area contributed by atoms with Crippen LogP contribution in [0.4, 0.5) is 4.39 Å². The molecule has 5 N–H and O–H groups in total. The van der Waals surface area contributed by atoms with Gasteiger partial charge in [-0.25, -0.2) is 15.2 Å². The third-order valence-corrected chi connectivity index (χ3v) is 4.07. The van der Waals surface area contributed by atoms with Crippen LogP contribution in [0.25, 0.3) is 10.9 Å². The number of alkyl halides is 1. The van der Waals surface area contributed by atoms with Crippen LogP contribution >= 0.6 is 23.2 Å². The summed E-state index contributed by atoms with van der Waals surface area (Å²) < 4.78 is 12.2. The van der Waals surface area contributed by atoms with Crippen molar-refractivity contribution in [3.63, 3.8) is 0 Å². The number of likely N-dealkylation sites (N-methyl/N-ethyl adjacent to an activating group) is 1. The molecule has 1 heterocycles. The van der Waals surface area contributed by atoms with Gasteiger partial charge in [-0.05, 0) is 25.2 Å². The first-order chi connectivity index (χ1) is 11.8. The Kier molecular flexibility index (Phi) is 6.66. The van der Waals surface area contributed by atoms with Gasteiger partial charge in [-0.1, -0.05) is 23.2 Å². The van der Waals surface area contributed by atoms with Gasteiger partial charge in [-0.2, -0.15) is 0 Å². The highest BCUT2D eigenvalue weighted by atomic mass is 35.5. The summed E-state index contributed by atoms with van der Waals surface area (Å²) in [6.07, 6.45) is 1.50. The topological polar surface area (TPSA) is 91.6 Å². The zero-order valence-electron chi connectivity index (χ0n) is 13.7. The summed E-state index contributed by atoms with van der Waals surface area (Å²) in [6, 6.07) is 5.08. The molecule has 0 aliphatic rings. The first-order valence-corrected chi connectivity index (χ1v) is 8.26. The SMILES string of the molecule is CN(C/C(N)=C/N(N)CCF)Cc1ccc2c(Cl)cc(Cl)c(O)c2n1. The lowest BCUT2D eigenvalue weighted by molar-refractivity contribution is 0.320. The van der Waals surface area contributed by atoms with Crippen molar-refractivity contribution >= 4 is 34.1 Å². The molecule has 0 aliphatic heterocycles. The fourth-order valence-electron chi connectivity index (χ4n) is 2.39. The molecule has 2 aromatic rings. The van der Waals surface area contributed by atoms with Crippen LogP contribution in [0.5, 0.6) is 5.75 Å². The number of hydrogen-bond donors (Lipinski definition) is 3. The molecule has 25 heavy (non-hydrogen) atoms. The maximum absolute atomic E-state index is 12.2. The van der Waals surface area contributed by atoms with Crippen LogP contribution in [-0.2, 0) is 6.54 Å². The Bertz CT molecular complexity index is 787. The van der Waals surface area contributed by atoms with E-state index in [2.05, 4.69) is 4.98 Å². The van der Waals surface area contributed by atoms with Crippen molar-refractivity contribution in [2.24, 2.45) is 11.6 Å². The zero-order chi connectivity index (χ0) is 18.6. The van der Waals surface area contributed by atoms with E-state index in [9.17, 15) is 9.50 Å². The number of aromatic hydroxyl groups is 1. The summed E-state index contributed by atoms with van der Waals surface area (Å²) in [4.78, 5) is 6.34. The Hall–Kier alpha value is -1.80. The van der Waals surface area contributed by atoms with Gasteiger partial charge in [-0.3, -0.25) is 4.90 Å². The van der Waals surface area contributed by atoms with Crippen LogP contribution in [0.15, 0.2) is 30.1 Å². The lowest BCUT2D eigenvalue weighted by atomic mass is 10.2. The predicted molar refractivity (Wildman–Crippen MR) is 98.9 cm³/mol. The molecule has 0 bridgehead atoms. The van der Waals surface area contributed by atoms with Crippen molar-refractivity contribution in [1.82, 2.24) is 14.9 Å². The van der Waals surface area contributed by atoms with E-state index >= 15 is 0 Å². The summed E-state index contributed by atoms with van der Waals surface area (Å²) in [5, 5.41) is 12.5. The monoisotopic (exact) mass is 387 g/mol. The number of hydrogen-bond acceptors (Lipinski definition) is 6. The minimum atomic E-state index is -0.550. The van der Waals surface area contributed by atoms with Gasteiger partial charge in [0.05, 0.1) is 22.3 Å². The molecule has 0 unspecified atom stereocenters. The highest BCUT2D eigenvalue weighted by molar-refractivity contribution is 6.39. The summed E-state index contributed by atoms with van der Waals surface area (Å²) >= 11 is 12.1. The maximum atomic E-state index is 12.2. The van der Waals surface area contributed by atoms with Gasteiger partial charge in [0.1, 0.15) is 12.2 Å². The molecule has 0 saturated carbocycles. The highest BCUT2D eigenvalue weighted by Crippen LogP contribution is 2.36. The number of phenols is 1. The standard InChI is InChI=1S/C16H20Cl2FN5O/c1-23(7-10(20)8-24(21)5-4-19)9-11-2-3-12-13(17)6-14(18)16(25)15(12)22-11/h2-3,6,8,25H,4-5,7,9,20-21H2,1H3/b10-8-. The molecule has 9 heteroatoms. The third kappa shape index (κ3) is 5.09. The molecular weight excluding hydrogens is 368 g/mol. The number of benzene rings is 1. The Balaban J connectivity index is 2.13. The number of halogens is 3. The highest BCUT2D eigenvalue weighted by Gasteiger charge is 2.12. The third-order valence-electron chi connectivity index (χ3n) is 3.47. The minimum Gasteiger partial charge on any atom is -0.504 e. The number of nitrogens with zero attached hydrogens (tertiary/aromatic N) is 3. The molecule has 0 atom stereocenters. The number of aromatic nitrogens is 1. The normalized spacial score (nSPS) is 12.2. The second-order valence-electron chi connectivity index (χ2n) is 5.69. The first-order valence-electron chi connectivity index (χ1n) is 7.50. The van der Waals surface area contributed by atoms with E-state index in [0.29, 0.717) is 40.4 Å². The number of hydrazine groups is 1. The van der Waals surface area contributed by atoms with Gasteiger partial charge in [0.2, 0.25) is 0 Å². The van der Waals surface area contributed by atoms with E-state index < -0.39 is 6.67 Å². The molecule has 0 radical (unpaired) electrons. The van der Waals surface area contributed by atoms with Gasteiger partial charge in [-0.15, -0.1) is 0 Å². The van der Waals surface area contributed by atoms with E-state index in [4.69, 9.17) is 34.8 Å². The maximum Gasteiger partial charge on any atom is 0.160 e. The summed E-state index contributed by atoms with van der Waals surface area (Å²) in [5.41, 5.74) is 7.45. The molecule has 0 aliphatic carbocycles. The molecule has 0 fully saturated rings. The van der Waals surface area contributed by atoms with Crippen molar-refractivity contribution in [1.29, 1.82) is 0 Å². The van der Waals surface area contributed by atoms with Crippen molar-refractivity contribution in [2.75, 3.05) is 26.8 Å². The largest absolute Gasteiger partial charge is 0.504 e. The molecule has 2 rings (SSSR count). The van der Waals surface area contributed by atoms with Crippen molar-refractivity contribution in [3.8, 4) is 5.75 Å². The smallest absolute Gasteiger partial charge is 0.160 e. The fraction of sp³-hybridized carbons (Fsp3) is 0.312. The van der Waals surface area contributed by atoms with E-state index in [1.54, 1.807) is 6.07 Å². The van der Waals surface area contributed by atoms with Gasteiger partial charge in [0.25, 0.3) is 0 Å². The van der Waals surface area contributed by atoms with E-state index in [1.807, 2.05) is 18.0 Å². The lowest BCUT2D eigenvalue weighted by Gasteiger charge is -2.19. The van der Waals surface area contributed by atoms with Crippen molar-refractivity contribution in [3.05, 3.63) is 45.8 Å². The van der Waals surface area contributed by atoms with Gasteiger partial charge in [0.15, 0.2) is 5.75 Å². The molecule has 0 spiro atoms. The quantitative estimate of drug-likeness (QED) is 0.499. The fourth-order valence-corrected chi connectivity index (χ4v) is 2.91. The van der Waals surface area contributed by atoms with Crippen LogP contribution in [-0.4, -0.2) is 46.8 Å². The molecule has 0 saturated heterocycles. The van der Waals surface area contributed by atoms with E-state index in [0.717, 1.165) is 0 Å². The van der Waals surface area contributed by atoms with Crippen LogP contribution in [0.2, 0.25) is 10.0 Å². The molecular formula is C16H20Cl2FN5O. The van der Waals surface area contributed by atoms with Gasteiger partial charge >= 0.3 is 0 Å². The number of nitrogens with two attached hydrogens (primary N) is 2. The van der Waals surface area contributed by atoms with Crippen LogP contribution in [0.3, 0.4) is 0 Å². The minimum absolute atomic E-state index is 0.0808. The Labute approximate surface area is 155 Å².